The molecule has 0 aliphatic heterocycles. The monoisotopic (exact) mass is 370 g/mol. The third-order valence-electron chi connectivity index (χ3n) is 2.95. The van der Waals surface area contributed by atoms with E-state index in [2.05, 4.69) is 31.2 Å². The Kier molecular flexibility index (Phi) is 4.58. The predicted octanol–water partition coefficient (Wildman–Crippen LogP) is 3.14. The first kappa shape index (κ1) is 15.1. The lowest BCUT2D eigenvalue weighted by Gasteiger charge is -2.08. The first-order valence-corrected chi connectivity index (χ1v) is 7.48. The summed E-state index contributed by atoms with van der Waals surface area (Å²) < 4.78 is 7.61. The lowest BCUT2D eigenvalue weighted by molar-refractivity contribution is 0.0733. The van der Waals surface area contributed by atoms with Gasteiger partial charge in [0.15, 0.2) is 0 Å². The van der Waals surface area contributed by atoms with Crippen molar-refractivity contribution in [1.29, 1.82) is 0 Å². The first-order valence-electron chi connectivity index (χ1n) is 6.69. The largest absolute Gasteiger partial charge is 0.422 e. The molecule has 0 fully saturated rings. The molecule has 1 aromatic heterocycles. The van der Waals surface area contributed by atoms with Crippen LogP contribution < -0.4 is 4.74 Å². The van der Waals surface area contributed by atoms with E-state index in [0.29, 0.717) is 21.3 Å². The number of hydrogen-bond donors (Lipinski definition) is 0. The lowest BCUT2D eigenvalue weighted by atomic mass is 10.2. The smallest absolute Gasteiger partial charge is 0.344 e. The fourth-order valence-electron chi connectivity index (χ4n) is 1.85. The molecule has 0 unspecified atom stereocenters. The van der Waals surface area contributed by atoms with Crippen LogP contribution in [0.5, 0.6) is 5.75 Å². The van der Waals surface area contributed by atoms with Gasteiger partial charge in [0.2, 0.25) is 0 Å². The molecule has 0 radical (unpaired) electrons. The highest BCUT2D eigenvalue weighted by Gasteiger charge is 2.13. The molecule has 0 N–H and O–H groups in total. The van der Waals surface area contributed by atoms with Gasteiger partial charge >= 0.3 is 5.97 Å². The number of rotatable bonds is 4. The molecule has 0 atom stereocenters. The van der Waals surface area contributed by atoms with E-state index >= 15 is 0 Å². The fourth-order valence-corrected chi connectivity index (χ4v) is 2.29. The molecular weight excluding hydrogens is 360 g/mol. The van der Waals surface area contributed by atoms with Gasteiger partial charge in [0, 0.05) is 10.0 Å². The molecule has 114 valence electrons. The number of carbonyl (C=O) groups excluding carboxylic acids is 1. The van der Waals surface area contributed by atoms with Crippen molar-refractivity contribution in [1.82, 2.24) is 14.9 Å². The topological polar surface area (TPSA) is 69.4 Å². The summed E-state index contributed by atoms with van der Waals surface area (Å²) in [6.45, 7) is 0. The van der Waals surface area contributed by atoms with E-state index in [9.17, 15) is 4.79 Å². The maximum Gasteiger partial charge on any atom is 0.344 e. The molecule has 0 saturated carbocycles. The summed E-state index contributed by atoms with van der Waals surface area (Å²) >= 11 is 3.34. The second-order valence-corrected chi connectivity index (χ2v) is 5.35. The van der Waals surface area contributed by atoms with Crippen molar-refractivity contribution in [3.63, 3.8) is 0 Å². The number of carbonyl (C=O) groups is 1. The van der Waals surface area contributed by atoms with Gasteiger partial charge in [-0.1, -0.05) is 24.3 Å². The highest BCUT2D eigenvalue weighted by molar-refractivity contribution is 9.10. The van der Waals surface area contributed by atoms with Gasteiger partial charge in [0.05, 0.1) is 11.8 Å². The zero-order valence-corrected chi connectivity index (χ0v) is 13.4. The number of esters is 1. The molecule has 7 heteroatoms. The maximum absolute atomic E-state index is 12.3. The molecule has 0 saturated heterocycles. The highest BCUT2D eigenvalue weighted by atomic mass is 79.9. The molecule has 0 bridgehead atoms. The number of para-hydroxylation sites is 1. The molecule has 6 nitrogen and oxygen atoms in total. The zero-order valence-electron chi connectivity index (χ0n) is 11.8. The molecular formula is C16H11BrN4O2. The molecule has 23 heavy (non-hydrogen) atoms. The van der Waals surface area contributed by atoms with Gasteiger partial charge in [0.25, 0.3) is 0 Å². The first-order chi connectivity index (χ1) is 11.2. The van der Waals surface area contributed by atoms with E-state index < -0.39 is 5.97 Å². The van der Waals surface area contributed by atoms with E-state index in [1.807, 2.05) is 12.1 Å². The van der Waals surface area contributed by atoms with Gasteiger partial charge in [0.1, 0.15) is 18.4 Å². The summed E-state index contributed by atoms with van der Waals surface area (Å²) in [7, 11) is 0. The molecule has 3 rings (SSSR count). The number of ether oxygens (including phenoxy) is 1. The molecule has 0 aliphatic carbocycles. The van der Waals surface area contributed by atoms with Gasteiger partial charge in [-0.3, -0.25) is 0 Å². The normalized spacial score (nSPS) is 10.8. The summed E-state index contributed by atoms with van der Waals surface area (Å²) in [5, 5.41) is 11.5. The average molecular weight is 371 g/mol. The van der Waals surface area contributed by atoms with Crippen LogP contribution in [-0.4, -0.2) is 27.1 Å². The number of aromatic nitrogens is 3. The van der Waals surface area contributed by atoms with Crippen molar-refractivity contribution in [2.45, 2.75) is 0 Å². The van der Waals surface area contributed by atoms with Crippen LogP contribution in [0, 0.1) is 0 Å². The second kappa shape index (κ2) is 6.97. The van der Waals surface area contributed by atoms with Crippen LogP contribution in [0.3, 0.4) is 0 Å². The van der Waals surface area contributed by atoms with Crippen LogP contribution in [-0.2, 0) is 0 Å². The van der Waals surface area contributed by atoms with Crippen molar-refractivity contribution in [2.75, 3.05) is 0 Å². The zero-order chi connectivity index (χ0) is 16.1. The Bertz CT molecular complexity index is 847. The number of hydrogen-bond acceptors (Lipinski definition) is 5. The van der Waals surface area contributed by atoms with Crippen molar-refractivity contribution in [3.8, 4) is 5.75 Å². The fraction of sp³-hybridized carbons (Fsp3) is 0. The van der Waals surface area contributed by atoms with E-state index in [-0.39, 0.29) is 0 Å². The van der Waals surface area contributed by atoms with Crippen LogP contribution in [0.15, 0.2) is 70.8 Å². The second-order valence-electron chi connectivity index (χ2n) is 4.49. The molecule has 3 aromatic rings. The van der Waals surface area contributed by atoms with E-state index in [0.717, 1.165) is 0 Å². The van der Waals surface area contributed by atoms with Crippen LogP contribution in [0.4, 0.5) is 0 Å². The summed E-state index contributed by atoms with van der Waals surface area (Å²) in [5.41, 5.74) is 1.12. The number of nitrogens with zero attached hydrogens (tertiary/aromatic N) is 4. The lowest BCUT2D eigenvalue weighted by Crippen LogP contribution is -2.10. The number of halogens is 1. The van der Waals surface area contributed by atoms with Crippen LogP contribution in [0.1, 0.15) is 15.9 Å². The minimum absolute atomic E-state index is 0.421. The Balaban J connectivity index is 1.83. The highest BCUT2D eigenvalue weighted by Crippen LogP contribution is 2.21. The molecule has 0 amide bonds. The summed E-state index contributed by atoms with van der Waals surface area (Å²) in [4.78, 5) is 12.3. The van der Waals surface area contributed by atoms with Crippen molar-refractivity contribution in [3.05, 3.63) is 76.8 Å². The van der Waals surface area contributed by atoms with E-state index in [4.69, 9.17) is 4.74 Å². The van der Waals surface area contributed by atoms with Gasteiger partial charge in [-0.15, -0.1) is 10.2 Å². The van der Waals surface area contributed by atoms with Crippen LogP contribution in [0.25, 0.3) is 0 Å². The molecule has 0 aliphatic rings. The van der Waals surface area contributed by atoms with Crippen molar-refractivity contribution >= 4 is 28.1 Å². The molecule has 2 aromatic carbocycles. The molecule has 0 spiro atoms. The molecule has 1 heterocycles. The summed E-state index contributed by atoms with van der Waals surface area (Å²) in [6.07, 6.45) is 4.50. The number of benzene rings is 2. The SMILES string of the molecule is O=C(Oc1ccccc1C=Nn1cnnc1)c1ccccc1Br. The quantitative estimate of drug-likeness (QED) is 0.401. The van der Waals surface area contributed by atoms with Crippen molar-refractivity contribution in [2.24, 2.45) is 5.10 Å². The van der Waals surface area contributed by atoms with E-state index in [1.54, 1.807) is 42.6 Å². The third kappa shape index (κ3) is 3.70. The Morgan fingerprint density at radius 2 is 1.78 bits per heavy atom. The Morgan fingerprint density at radius 3 is 2.57 bits per heavy atom. The Labute approximate surface area is 140 Å². The van der Waals surface area contributed by atoms with Gasteiger partial charge in [-0.2, -0.15) is 5.10 Å². The van der Waals surface area contributed by atoms with Gasteiger partial charge in [-0.25, -0.2) is 9.47 Å². The van der Waals surface area contributed by atoms with E-state index in [1.165, 1.54) is 17.3 Å². The predicted molar refractivity (Wildman–Crippen MR) is 88.6 cm³/mol. The Hall–Kier alpha value is -2.80. The van der Waals surface area contributed by atoms with Crippen molar-refractivity contribution < 1.29 is 9.53 Å². The minimum atomic E-state index is -0.442. The van der Waals surface area contributed by atoms with Gasteiger partial charge < -0.3 is 4.74 Å². The summed E-state index contributed by atoms with van der Waals surface area (Å²) in [6, 6.07) is 14.2. The Morgan fingerprint density at radius 1 is 1.09 bits per heavy atom. The van der Waals surface area contributed by atoms with Crippen LogP contribution >= 0.6 is 15.9 Å². The maximum atomic E-state index is 12.3. The third-order valence-corrected chi connectivity index (χ3v) is 3.64. The van der Waals surface area contributed by atoms with Crippen LogP contribution in [0.2, 0.25) is 0 Å². The summed E-state index contributed by atoms with van der Waals surface area (Å²) in [5.74, 6) is -0.0206. The minimum Gasteiger partial charge on any atom is -0.422 e. The van der Waals surface area contributed by atoms with Gasteiger partial charge in [-0.05, 0) is 40.2 Å². The standard InChI is InChI=1S/C16H11BrN4O2/c17-14-7-3-2-6-13(14)16(22)23-15-8-4-1-5-12(15)9-20-21-10-18-19-11-21/h1-11H. The average Bonchev–Trinajstić information content (AvgIpc) is 3.08.